The SMILES string of the molecule is CCNC1CC(c2cncn2CC)Oc2ccc(C)cc21. The highest BCUT2D eigenvalue weighted by Crippen LogP contribution is 2.41. The molecule has 2 heterocycles. The molecule has 1 aliphatic heterocycles. The summed E-state index contributed by atoms with van der Waals surface area (Å²) in [4.78, 5) is 4.27. The van der Waals surface area contributed by atoms with E-state index in [1.54, 1.807) is 0 Å². The van der Waals surface area contributed by atoms with Crippen LogP contribution in [-0.4, -0.2) is 16.1 Å². The van der Waals surface area contributed by atoms with E-state index in [2.05, 4.69) is 53.8 Å². The van der Waals surface area contributed by atoms with Gasteiger partial charge >= 0.3 is 0 Å². The lowest BCUT2D eigenvalue weighted by Gasteiger charge is -2.33. The third-order valence-electron chi connectivity index (χ3n) is 4.13. The van der Waals surface area contributed by atoms with Crippen molar-refractivity contribution in [2.45, 2.75) is 45.9 Å². The number of fused-ring (bicyclic) bond motifs is 1. The fourth-order valence-corrected chi connectivity index (χ4v) is 3.07. The predicted octanol–water partition coefficient (Wildman–Crippen LogP) is 3.39. The van der Waals surface area contributed by atoms with E-state index in [9.17, 15) is 0 Å². The Morgan fingerprint density at radius 1 is 1.38 bits per heavy atom. The summed E-state index contributed by atoms with van der Waals surface area (Å²) in [5.41, 5.74) is 3.71. The second kappa shape index (κ2) is 5.90. The van der Waals surface area contributed by atoms with E-state index in [0.29, 0.717) is 6.04 Å². The summed E-state index contributed by atoms with van der Waals surface area (Å²) in [6.07, 6.45) is 4.81. The van der Waals surface area contributed by atoms with Gasteiger partial charge in [0.25, 0.3) is 0 Å². The molecule has 2 atom stereocenters. The zero-order valence-electron chi connectivity index (χ0n) is 13.0. The van der Waals surface area contributed by atoms with Gasteiger partial charge in [-0.2, -0.15) is 0 Å². The number of hydrogen-bond donors (Lipinski definition) is 1. The molecule has 4 nitrogen and oxygen atoms in total. The van der Waals surface area contributed by atoms with E-state index in [1.807, 2.05) is 12.5 Å². The molecule has 0 bridgehead atoms. The van der Waals surface area contributed by atoms with Crippen molar-refractivity contribution < 1.29 is 4.74 Å². The van der Waals surface area contributed by atoms with Crippen LogP contribution in [0.2, 0.25) is 0 Å². The van der Waals surface area contributed by atoms with Crippen LogP contribution in [0.5, 0.6) is 5.75 Å². The molecule has 2 unspecified atom stereocenters. The average molecular weight is 285 g/mol. The Morgan fingerprint density at radius 3 is 3.00 bits per heavy atom. The molecule has 21 heavy (non-hydrogen) atoms. The van der Waals surface area contributed by atoms with Gasteiger partial charge in [-0.25, -0.2) is 4.98 Å². The number of nitrogens with one attached hydrogen (secondary N) is 1. The first-order chi connectivity index (χ1) is 10.2. The summed E-state index contributed by atoms with van der Waals surface area (Å²) < 4.78 is 8.41. The van der Waals surface area contributed by atoms with E-state index < -0.39 is 0 Å². The molecule has 0 spiro atoms. The maximum absolute atomic E-state index is 6.25. The highest BCUT2D eigenvalue weighted by atomic mass is 16.5. The minimum atomic E-state index is 0.0618. The zero-order valence-corrected chi connectivity index (χ0v) is 13.0. The Balaban J connectivity index is 1.95. The fraction of sp³-hybridized carbons (Fsp3) is 0.471. The van der Waals surface area contributed by atoms with Crippen LogP contribution in [-0.2, 0) is 6.54 Å². The maximum Gasteiger partial charge on any atom is 0.142 e. The summed E-state index contributed by atoms with van der Waals surface area (Å²) in [5.74, 6) is 0.992. The van der Waals surface area contributed by atoms with Crippen molar-refractivity contribution in [3.63, 3.8) is 0 Å². The van der Waals surface area contributed by atoms with E-state index in [-0.39, 0.29) is 6.10 Å². The van der Waals surface area contributed by atoms with Crippen molar-refractivity contribution in [1.29, 1.82) is 0 Å². The number of aryl methyl sites for hydroxylation is 2. The molecule has 0 fully saturated rings. The van der Waals surface area contributed by atoms with Crippen LogP contribution < -0.4 is 10.1 Å². The molecule has 1 N–H and O–H groups in total. The molecule has 0 radical (unpaired) electrons. The molecule has 2 aromatic rings. The van der Waals surface area contributed by atoms with Crippen LogP contribution in [0.3, 0.4) is 0 Å². The molecule has 112 valence electrons. The van der Waals surface area contributed by atoms with Crippen LogP contribution in [0.4, 0.5) is 0 Å². The van der Waals surface area contributed by atoms with Gasteiger partial charge in [-0.05, 0) is 26.5 Å². The van der Waals surface area contributed by atoms with Crippen molar-refractivity contribution in [1.82, 2.24) is 14.9 Å². The monoisotopic (exact) mass is 285 g/mol. The molecule has 0 saturated carbocycles. The molecule has 0 amide bonds. The van der Waals surface area contributed by atoms with Crippen molar-refractivity contribution >= 4 is 0 Å². The number of rotatable bonds is 4. The van der Waals surface area contributed by atoms with Gasteiger partial charge in [0.2, 0.25) is 0 Å². The average Bonchev–Trinajstić information content (AvgIpc) is 2.96. The highest BCUT2D eigenvalue weighted by molar-refractivity contribution is 5.41. The molecule has 0 aliphatic carbocycles. The fourth-order valence-electron chi connectivity index (χ4n) is 3.07. The minimum absolute atomic E-state index is 0.0618. The third kappa shape index (κ3) is 2.68. The lowest BCUT2D eigenvalue weighted by atomic mass is 9.94. The number of nitrogens with zero attached hydrogens (tertiary/aromatic N) is 2. The number of imidazole rings is 1. The van der Waals surface area contributed by atoms with Gasteiger partial charge < -0.3 is 14.6 Å². The van der Waals surface area contributed by atoms with E-state index in [4.69, 9.17) is 4.74 Å². The van der Waals surface area contributed by atoms with Gasteiger partial charge in [-0.1, -0.05) is 24.6 Å². The van der Waals surface area contributed by atoms with Crippen LogP contribution in [0.25, 0.3) is 0 Å². The smallest absolute Gasteiger partial charge is 0.142 e. The van der Waals surface area contributed by atoms with Crippen LogP contribution >= 0.6 is 0 Å². The first-order valence-electron chi connectivity index (χ1n) is 7.73. The minimum Gasteiger partial charge on any atom is -0.484 e. The lowest BCUT2D eigenvalue weighted by Crippen LogP contribution is -2.30. The Labute approximate surface area is 126 Å². The molecule has 1 aromatic heterocycles. The Kier molecular flexibility index (Phi) is 3.97. The first-order valence-corrected chi connectivity index (χ1v) is 7.73. The van der Waals surface area contributed by atoms with Crippen molar-refractivity contribution in [2.24, 2.45) is 0 Å². The van der Waals surface area contributed by atoms with Gasteiger partial charge in [0, 0.05) is 24.6 Å². The van der Waals surface area contributed by atoms with Gasteiger partial charge in [-0.15, -0.1) is 0 Å². The maximum atomic E-state index is 6.25. The standard InChI is InChI=1S/C17H23N3O/c1-4-19-14-9-17(15-10-18-11-20(15)5-2)21-16-7-6-12(3)8-13(14)16/h6-8,10-11,14,17,19H,4-5,9H2,1-3H3. The molecule has 3 rings (SSSR count). The quantitative estimate of drug-likeness (QED) is 0.936. The summed E-state index contributed by atoms with van der Waals surface area (Å²) >= 11 is 0. The second-order valence-electron chi connectivity index (χ2n) is 5.60. The lowest BCUT2D eigenvalue weighted by molar-refractivity contribution is 0.144. The topological polar surface area (TPSA) is 39.1 Å². The number of hydrogen-bond acceptors (Lipinski definition) is 3. The largest absolute Gasteiger partial charge is 0.484 e. The number of ether oxygens (including phenoxy) is 1. The van der Waals surface area contributed by atoms with Crippen molar-refractivity contribution in [3.8, 4) is 5.75 Å². The first kappa shape index (κ1) is 14.1. The van der Waals surface area contributed by atoms with Gasteiger partial charge in [-0.3, -0.25) is 0 Å². The van der Waals surface area contributed by atoms with E-state index >= 15 is 0 Å². The summed E-state index contributed by atoms with van der Waals surface area (Å²) in [5, 5.41) is 3.59. The summed E-state index contributed by atoms with van der Waals surface area (Å²) in [6, 6.07) is 6.77. The van der Waals surface area contributed by atoms with Crippen LogP contribution in [0, 0.1) is 6.92 Å². The van der Waals surface area contributed by atoms with Gasteiger partial charge in [0.1, 0.15) is 11.9 Å². The second-order valence-corrected chi connectivity index (χ2v) is 5.60. The summed E-state index contributed by atoms with van der Waals surface area (Å²) in [6.45, 7) is 8.28. The molecular weight excluding hydrogens is 262 g/mol. The molecular formula is C17H23N3O. The third-order valence-corrected chi connectivity index (χ3v) is 4.13. The molecule has 1 aromatic carbocycles. The summed E-state index contributed by atoms with van der Waals surface area (Å²) in [7, 11) is 0. The van der Waals surface area contributed by atoms with E-state index in [1.165, 1.54) is 11.1 Å². The van der Waals surface area contributed by atoms with Gasteiger partial charge in [0.15, 0.2) is 0 Å². The molecule has 1 aliphatic rings. The van der Waals surface area contributed by atoms with E-state index in [0.717, 1.165) is 31.0 Å². The van der Waals surface area contributed by atoms with Crippen molar-refractivity contribution in [2.75, 3.05) is 6.54 Å². The Morgan fingerprint density at radius 2 is 2.24 bits per heavy atom. The van der Waals surface area contributed by atoms with Crippen LogP contribution in [0.1, 0.15) is 49.2 Å². The Bertz CT molecular complexity index is 620. The van der Waals surface area contributed by atoms with Gasteiger partial charge in [0.05, 0.1) is 18.2 Å². The highest BCUT2D eigenvalue weighted by Gasteiger charge is 2.30. The predicted molar refractivity (Wildman–Crippen MR) is 83.5 cm³/mol. The van der Waals surface area contributed by atoms with Crippen molar-refractivity contribution in [3.05, 3.63) is 47.5 Å². The molecule has 4 heteroatoms. The Hall–Kier alpha value is -1.81. The normalized spacial score (nSPS) is 20.9. The zero-order chi connectivity index (χ0) is 14.8. The number of benzene rings is 1. The van der Waals surface area contributed by atoms with Crippen LogP contribution in [0.15, 0.2) is 30.7 Å². The number of aromatic nitrogens is 2. The molecule has 0 saturated heterocycles.